The molecule has 1 aliphatic rings. The number of nitrogens with one attached hydrogen (secondary N) is 1. The summed E-state index contributed by atoms with van der Waals surface area (Å²) >= 11 is 0. The number of halogens is 1. The Balaban J connectivity index is 2.08. The summed E-state index contributed by atoms with van der Waals surface area (Å²) in [5.74, 6) is -0.382. The van der Waals surface area contributed by atoms with Gasteiger partial charge in [0.1, 0.15) is 0 Å². The van der Waals surface area contributed by atoms with Gasteiger partial charge in [0.15, 0.2) is 5.82 Å². The number of rotatable bonds is 3. The molecular weight excluding hydrogens is 205 g/mol. The Morgan fingerprint density at radius 2 is 2.06 bits per heavy atom. The Hall–Kier alpha value is -1.11. The maximum atomic E-state index is 12.7. The molecule has 2 rings (SSSR count). The standard InChI is InChI=1S/C13H16FNO/c14-12-3-1-11(2-4-12)9-13(10-16)5-7-15-8-6-13/h1,3,15-16H,5-10H2. The fourth-order valence-corrected chi connectivity index (χ4v) is 2.25. The lowest BCUT2D eigenvalue weighted by Gasteiger charge is -2.35. The Bertz CT molecular complexity index is 330. The zero-order chi connectivity index (χ0) is 11.4. The molecule has 1 aliphatic heterocycles. The predicted octanol–water partition coefficient (Wildman–Crippen LogP) is 1.33. The van der Waals surface area contributed by atoms with Crippen LogP contribution in [0.25, 0.3) is 0 Å². The zero-order valence-electron chi connectivity index (χ0n) is 9.22. The van der Waals surface area contributed by atoms with E-state index < -0.39 is 0 Å². The molecule has 0 aromatic heterocycles. The van der Waals surface area contributed by atoms with Crippen LogP contribution in [0.2, 0.25) is 0 Å². The van der Waals surface area contributed by atoms with E-state index in [1.807, 2.05) is 0 Å². The van der Waals surface area contributed by atoms with E-state index >= 15 is 0 Å². The molecule has 0 atom stereocenters. The molecule has 0 amide bonds. The molecule has 1 fully saturated rings. The minimum atomic E-state index is -0.382. The van der Waals surface area contributed by atoms with Crippen molar-refractivity contribution in [3.8, 4) is 0 Å². The molecule has 0 saturated carbocycles. The smallest absolute Gasteiger partial charge is 0.173 e. The van der Waals surface area contributed by atoms with Crippen LogP contribution < -0.4 is 5.32 Å². The number of aliphatic hydroxyl groups is 1. The lowest BCUT2D eigenvalue weighted by atomic mass is 9.75. The highest BCUT2D eigenvalue weighted by atomic mass is 19.1. The molecular formula is C13H16FNO. The molecule has 86 valence electrons. The summed E-state index contributed by atoms with van der Waals surface area (Å²) in [5, 5.41) is 12.8. The van der Waals surface area contributed by atoms with Gasteiger partial charge in [0, 0.05) is 17.6 Å². The lowest BCUT2D eigenvalue weighted by molar-refractivity contribution is 0.0893. The highest BCUT2D eigenvalue weighted by Gasteiger charge is 2.31. The van der Waals surface area contributed by atoms with Gasteiger partial charge in [0.25, 0.3) is 0 Å². The molecule has 2 N–H and O–H groups in total. The summed E-state index contributed by atoms with van der Waals surface area (Å²) in [6.45, 7) is 2.05. The number of piperidine rings is 1. The maximum Gasteiger partial charge on any atom is 0.173 e. The number of hydrogen-bond donors (Lipinski definition) is 2. The molecule has 16 heavy (non-hydrogen) atoms. The molecule has 0 radical (unpaired) electrons. The lowest BCUT2D eigenvalue weighted by Crippen LogP contribution is -2.40. The third-order valence-electron chi connectivity index (χ3n) is 3.34. The topological polar surface area (TPSA) is 32.3 Å². The second-order valence-electron chi connectivity index (χ2n) is 4.54. The summed E-state index contributed by atoms with van der Waals surface area (Å²) in [6, 6.07) is 8.38. The first kappa shape index (κ1) is 11.4. The van der Waals surface area contributed by atoms with Gasteiger partial charge in [-0.2, -0.15) is 4.39 Å². The van der Waals surface area contributed by atoms with Crippen molar-refractivity contribution in [2.75, 3.05) is 19.7 Å². The van der Waals surface area contributed by atoms with Crippen LogP contribution in [0, 0.1) is 23.4 Å². The van der Waals surface area contributed by atoms with Gasteiger partial charge in [-0.25, -0.2) is 0 Å². The first-order chi connectivity index (χ1) is 7.74. The monoisotopic (exact) mass is 221 g/mol. The molecule has 0 spiro atoms. The van der Waals surface area contributed by atoms with Crippen LogP contribution in [0.3, 0.4) is 0 Å². The second kappa shape index (κ2) is 4.82. The average Bonchev–Trinajstić information content (AvgIpc) is 2.33. The Morgan fingerprint density at radius 1 is 1.31 bits per heavy atom. The van der Waals surface area contributed by atoms with E-state index in [4.69, 9.17) is 0 Å². The summed E-state index contributed by atoms with van der Waals surface area (Å²) in [7, 11) is 0. The normalized spacial score (nSPS) is 19.1. The van der Waals surface area contributed by atoms with Crippen molar-refractivity contribution in [3.63, 3.8) is 0 Å². The van der Waals surface area contributed by atoms with E-state index in [-0.39, 0.29) is 17.8 Å². The third-order valence-corrected chi connectivity index (χ3v) is 3.34. The fraction of sp³-hybridized carbons (Fsp3) is 0.538. The zero-order valence-corrected chi connectivity index (χ0v) is 9.22. The first-order valence-electron chi connectivity index (χ1n) is 5.64. The van der Waals surface area contributed by atoms with Crippen molar-refractivity contribution < 1.29 is 9.50 Å². The molecule has 1 aromatic carbocycles. The van der Waals surface area contributed by atoms with E-state index in [2.05, 4.69) is 17.4 Å². The molecule has 1 heterocycles. The van der Waals surface area contributed by atoms with Crippen LogP contribution in [0.15, 0.2) is 12.1 Å². The van der Waals surface area contributed by atoms with Crippen LogP contribution in [-0.2, 0) is 6.42 Å². The number of hydrogen-bond acceptors (Lipinski definition) is 2. The molecule has 0 bridgehead atoms. The minimum Gasteiger partial charge on any atom is -0.396 e. The highest BCUT2D eigenvalue weighted by molar-refractivity contribution is 5.12. The first-order valence-corrected chi connectivity index (χ1v) is 5.64. The predicted molar refractivity (Wildman–Crippen MR) is 59.4 cm³/mol. The van der Waals surface area contributed by atoms with Gasteiger partial charge in [-0.15, -0.1) is 0 Å². The fourth-order valence-electron chi connectivity index (χ4n) is 2.25. The largest absolute Gasteiger partial charge is 0.396 e. The SMILES string of the molecule is OCC1(Cc2c#cc(F)cc2)CCNCC1. The van der Waals surface area contributed by atoms with Crippen molar-refractivity contribution in [1.82, 2.24) is 5.32 Å². The Kier molecular flexibility index (Phi) is 3.42. The highest BCUT2D eigenvalue weighted by Crippen LogP contribution is 2.31. The van der Waals surface area contributed by atoms with Crippen molar-refractivity contribution in [2.45, 2.75) is 19.3 Å². The summed E-state index contributed by atoms with van der Waals surface area (Å²) < 4.78 is 12.7. The Morgan fingerprint density at radius 3 is 2.62 bits per heavy atom. The van der Waals surface area contributed by atoms with Gasteiger partial charge in [0.2, 0.25) is 0 Å². The summed E-state index contributed by atoms with van der Waals surface area (Å²) in [6.07, 6.45) is 2.66. The van der Waals surface area contributed by atoms with Crippen molar-refractivity contribution >= 4 is 0 Å². The van der Waals surface area contributed by atoms with Crippen LogP contribution in [-0.4, -0.2) is 24.8 Å². The molecule has 0 aliphatic carbocycles. The van der Waals surface area contributed by atoms with E-state index in [1.54, 1.807) is 6.07 Å². The quantitative estimate of drug-likeness (QED) is 0.807. The Labute approximate surface area is 95.5 Å². The van der Waals surface area contributed by atoms with Crippen molar-refractivity contribution in [1.29, 1.82) is 0 Å². The van der Waals surface area contributed by atoms with Gasteiger partial charge >= 0.3 is 0 Å². The van der Waals surface area contributed by atoms with Crippen LogP contribution >= 0.6 is 0 Å². The van der Waals surface area contributed by atoms with Gasteiger partial charge in [-0.1, -0.05) is 6.07 Å². The molecule has 2 nitrogen and oxygen atoms in total. The van der Waals surface area contributed by atoms with Crippen LogP contribution in [0.1, 0.15) is 18.4 Å². The molecule has 0 unspecified atom stereocenters. The maximum absolute atomic E-state index is 12.7. The molecule has 1 aromatic rings. The minimum absolute atomic E-state index is 0.0621. The second-order valence-corrected chi connectivity index (χ2v) is 4.54. The van der Waals surface area contributed by atoms with E-state index in [1.165, 1.54) is 6.07 Å². The van der Waals surface area contributed by atoms with Crippen molar-refractivity contribution in [3.05, 3.63) is 35.6 Å². The molecule has 1 saturated heterocycles. The van der Waals surface area contributed by atoms with E-state index in [9.17, 15) is 9.50 Å². The summed E-state index contributed by atoms with van der Waals surface area (Å²) in [4.78, 5) is 0. The van der Waals surface area contributed by atoms with Crippen molar-refractivity contribution in [2.24, 2.45) is 5.41 Å². The van der Waals surface area contributed by atoms with Gasteiger partial charge < -0.3 is 10.4 Å². The third kappa shape index (κ3) is 2.52. The number of aliphatic hydroxyl groups excluding tert-OH is 1. The van der Waals surface area contributed by atoms with Gasteiger partial charge in [0.05, 0.1) is 0 Å². The van der Waals surface area contributed by atoms with Crippen LogP contribution in [0.4, 0.5) is 4.39 Å². The van der Waals surface area contributed by atoms with Gasteiger partial charge in [-0.3, -0.25) is 0 Å². The van der Waals surface area contributed by atoms with Crippen LogP contribution in [0.5, 0.6) is 0 Å². The molecule has 3 heteroatoms. The summed E-state index contributed by atoms with van der Waals surface area (Å²) in [5.41, 5.74) is 0.866. The van der Waals surface area contributed by atoms with Gasteiger partial charge in [-0.05, 0) is 50.6 Å². The average molecular weight is 221 g/mol. The van der Waals surface area contributed by atoms with E-state index in [0.717, 1.165) is 37.9 Å². The van der Waals surface area contributed by atoms with E-state index in [0.29, 0.717) is 0 Å².